The Hall–Kier alpha value is -0.550. The van der Waals surface area contributed by atoms with Crippen molar-refractivity contribution in [2.75, 3.05) is 13.1 Å². The molecule has 2 heteroatoms. The monoisotopic (exact) mass is 194 g/mol. The van der Waals surface area contributed by atoms with Gasteiger partial charge >= 0.3 is 0 Å². The fourth-order valence-corrected chi connectivity index (χ4v) is 2.36. The van der Waals surface area contributed by atoms with Crippen molar-refractivity contribution in [3.63, 3.8) is 0 Å². The first-order valence-electron chi connectivity index (χ1n) is 5.84. The number of likely N-dealkylation sites (tertiary alicyclic amines) is 1. The van der Waals surface area contributed by atoms with E-state index in [9.17, 15) is 5.26 Å². The summed E-state index contributed by atoms with van der Waals surface area (Å²) < 4.78 is 0. The van der Waals surface area contributed by atoms with E-state index in [1.54, 1.807) is 0 Å². The van der Waals surface area contributed by atoms with Crippen LogP contribution >= 0.6 is 0 Å². The van der Waals surface area contributed by atoms with E-state index in [1.165, 1.54) is 12.8 Å². The summed E-state index contributed by atoms with van der Waals surface area (Å²) in [5.74, 6) is 0.844. The first-order valence-corrected chi connectivity index (χ1v) is 5.84. The number of nitrogens with zero attached hydrogens (tertiary/aromatic N) is 2. The van der Waals surface area contributed by atoms with Gasteiger partial charge < -0.3 is 0 Å². The van der Waals surface area contributed by atoms with Gasteiger partial charge in [-0.2, -0.15) is 5.26 Å². The molecule has 1 rings (SSSR count). The summed E-state index contributed by atoms with van der Waals surface area (Å²) in [6.45, 7) is 8.78. The number of hydrogen-bond acceptors (Lipinski definition) is 2. The third-order valence-electron chi connectivity index (χ3n) is 3.77. The first-order chi connectivity index (χ1) is 6.68. The predicted molar refractivity (Wildman–Crippen MR) is 58.9 cm³/mol. The largest absolute Gasteiger partial charge is 0.286 e. The van der Waals surface area contributed by atoms with Crippen molar-refractivity contribution < 1.29 is 0 Å². The molecular formula is C12H22N2. The molecule has 14 heavy (non-hydrogen) atoms. The molecule has 0 amide bonds. The third kappa shape index (κ3) is 2.09. The summed E-state index contributed by atoms with van der Waals surface area (Å²) in [4.78, 5) is 2.40. The van der Waals surface area contributed by atoms with Crippen LogP contribution in [0.2, 0.25) is 0 Å². The van der Waals surface area contributed by atoms with Gasteiger partial charge in [0.1, 0.15) is 5.54 Å². The second kappa shape index (κ2) is 4.79. The van der Waals surface area contributed by atoms with Gasteiger partial charge in [0.2, 0.25) is 0 Å². The summed E-state index contributed by atoms with van der Waals surface area (Å²) >= 11 is 0. The highest BCUT2D eigenvalue weighted by Crippen LogP contribution is 2.28. The van der Waals surface area contributed by atoms with Crippen molar-refractivity contribution in [1.82, 2.24) is 4.90 Å². The highest BCUT2D eigenvalue weighted by molar-refractivity contribution is 5.07. The van der Waals surface area contributed by atoms with Crippen LogP contribution < -0.4 is 0 Å². The summed E-state index contributed by atoms with van der Waals surface area (Å²) in [5, 5.41) is 9.30. The second-order valence-electron chi connectivity index (χ2n) is 4.52. The number of hydrogen-bond donors (Lipinski definition) is 0. The van der Waals surface area contributed by atoms with Crippen molar-refractivity contribution >= 4 is 0 Å². The molecule has 2 nitrogen and oxygen atoms in total. The molecule has 0 aromatic heterocycles. The van der Waals surface area contributed by atoms with Gasteiger partial charge in [0.25, 0.3) is 0 Å². The molecule has 1 saturated heterocycles. The summed E-state index contributed by atoms with van der Waals surface area (Å²) in [5.41, 5.74) is -0.180. The van der Waals surface area contributed by atoms with E-state index in [2.05, 4.69) is 31.7 Å². The van der Waals surface area contributed by atoms with E-state index in [1.807, 2.05) is 0 Å². The smallest absolute Gasteiger partial charge is 0.108 e. The molecule has 1 aliphatic rings. The van der Waals surface area contributed by atoms with Crippen LogP contribution in [0.1, 0.15) is 46.5 Å². The number of rotatable bonds is 3. The lowest BCUT2D eigenvalue weighted by Crippen LogP contribution is -2.50. The van der Waals surface area contributed by atoms with Gasteiger partial charge in [-0.3, -0.25) is 4.90 Å². The van der Waals surface area contributed by atoms with Gasteiger partial charge in [0, 0.05) is 0 Å². The molecule has 0 aromatic rings. The molecule has 1 heterocycles. The molecule has 0 spiro atoms. The molecule has 0 aliphatic carbocycles. The minimum Gasteiger partial charge on any atom is -0.286 e. The Labute approximate surface area is 87.9 Å². The molecule has 0 aromatic carbocycles. The molecule has 0 radical (unpaired) electrons. The van der Waals surface area contributed by atoms with Gasteiger partial charge in [-0.1, -0.05) is 20.8 Å². The van der Waals surface area contributed by atoms with Gasteiger partial charge in [0.15, 0.2) is 0 Å². The lowest BCUT2D eigenvalue weighted by molar-refractivity contribution is 0.0850. The molecule has 1 fully saturated rings. The molecule has 0 N–H and O–H groups in total. The SMILES string of the molecule is CCC(C#N)(CC)N1CCC(C)CC1. The van der Waals surface area contributed by atoms with Gasteiger partial charge in [-0.15, -0.1) is 0 Å². The average Bonchev–Trinajstić information content (AvgIpc) is 2.24. The molecule has 1 aliphatic heterocycles. The van der Waals surface area contributed by atoms with Crippen LogP contribution in [0.4, 0.5) is 0 Å². The molecule has 0 bridgehead atoms. The van der Waals surface area contributed by atoms with Crippen LogP contribution in [-0.4, -0.2) is 23.5 Å². The minimum absolute atomic E-state index is 0.180. The quantitative estimate of drug-likeness (QED) is 0.690. The zero-order valence-electron chi connectivity index (χ0n) is 9.71. The molecule has 0 saturated carbocycles. The van der Waals surface area contributed by atoms with Gasteiger partial charge in [-0.05, 0) is 44.7 Å². The Morgan fingerprint density at radius 1 is 1.29 bits per heavy atom. The number of piperidine rings is 1. The molecule has 0 atom stereocenters. The minimum atomic E-state index is -0.180. The first kappa shape index (κ1) is 11.5. The zero-order chi connectivity index (χ0) is 10.6. The van der Waals surface area contributed by atoms with E-state index < -0.39 is 0 Å². The van der Waals surface area contributed by atoms with Crippen molar-refractivity contribution in [3.05, 3.63) is 0 Å². The topological polar surface area (TPSA) is 27.0 Å². The van der Waals surface area contributed by atoms with E-state index >= 15 is 0 Å². The van der Waals surface area contributed by atoms with Crippen molar-refractivity contribution in [2.24, 2.45) is 5.92 Å². The lowest BCUT2D eigenvalue weighted by Gasteiger charge is -2.41. The Kier molecular flexibility index (Phi) is 3.95. The molecule has 0 unspecified atom stereocenters. The van der Waals surface area contributed by atoms with Crippen LogP contribution in [0, 0.1) is 17.2 Å². The highest BCUT2D eigenvalue weighted by Gasteiger charge is 2.34. The van der Waals surface area contributed by atoms with Crippen molar-refractivity contribution in [1.29, 1.82) is 5.26 Å². The van der Waals surface area contributed by atoms with Crippen molar-refractivity contribution in [2.45, 2.75) is 52.0 Å². The number of nitriles is 1. The fraction of sp³-hybridized carbons (Fsp3) is 0.917. The van der Waals surface area contributed by atoms with Gasteiger partial charge in [0.05, 0.1) is 6.07 Å². The van der Waals surface area contributed by atoms with E-state index in [-0.39, 0.29) is 5.54 Å². The highest BCUT2D eigenvalue weighted by atomic mass is 15.2. The van der Waals surface area contributed by atoms with Crippen LogP contribution in [-0.2, 0) is 0 Å². The Balaban J connectivity index is 2.66. The van der Waals surface area contributed by atoms with Crippen molar-refractivity contribution in [3.8, 4) is 6.07 Å². The summed E-state index contributed by atoms with van der Waals surface area (Å²) in [6, 6.07) is 2.53. The van der Waals surface area contributed by atoms with E-state index in [0.717, 1.165) is 31.8 Å². The maximum Gasteiger partial charge on any atom is 0.108 e. The Bertz CT molecular complexity index is 205. The van der Waals surface area contributed by atoms with Crippen LogP contribution in [0.25, 0.3) is 0 Å². The fourth-order valence-electron chi connectivity index (χ4n) is 2.36. The molecule has 80 valence electrons. The van der Waals surface area contributed by atoms with Crippen LogP contribution in [0.15, 0.2) is 0 Å². The standard InChI is InChI=1S/C12H22N2/c1-4-12(5-2,10-13)14-8-6-11(3)7-9-14/h11H,4-9H2,1-3H3. The summed E-state index contributed by atoms with van der Waals surface area (Å²) in [7, 11) is 0. The molecular weight excluding hydrogens is 172 g/mol. The maximum atomic E-state index is 9.30. The van der Waals surface area contributed by atoms with E-state index in [0.29, 0.717) is 0 Å². The van der Waals surface area contributed by atoms with Gasteiger partial charge in [-0.25, -0.2) is 0 Å². The Morgan fingerprint density at radius 2 is 1.79 bits per heavy atom. The lowest BCUT2D eigenvalue weighted by atomic mass is 9.88. The third-order valence-corrected chi connectivity index (χ3v) is 3.77. The normalized spacial score (nSPS) is 20.7. The maximum absolute atomic E-state index is 9.30. The predicted octanol–water partition coefficient (Wildman–Crippen LogP) is 2.80. The van der Waals surface area contributed by atoms with Crippen LogP contribution in [0.5, 0.6) is 0 Å². The second-order valence-corrected chi connectivity index (χ2v) is 4.52. The zero-order valence-corrected chi connectivity index (χ0v) is 9.71. The summed E-state index contributed by atoms with van der Waals surface area (Å²) in [6.07, 6.45) is 4.41. The van der Waals surface area contributed by atoms with Crippen LogP contribution in [0.3, 0.4) is 0 Å². The Morgan fingerprint density at radius 3 is 2.14 bits per heavy atom. The van der Waals surface area contributed by atoms with E-state index in [4.69, 9.17) is 0 Å². The average molecular weight is 194 g/mol.